The Morgan fingerprint density at radius 2 is 1.90 bits per heavy atom. The predicted octanol–water partition coefficient (Wildman–Crippen LogP) is 0.493. The third-order valence-corrected chi connectivity index (χ3v) is 2.73. The second kappa shape index (κ2) is 9.23. The number of nitrogens with zero attached hydrogens (tertiary/aromatic N) is 1. The van der Waals surface area contributed by atoms with Gasteiger partial charge in [-0.15, -0.1) is 0 Å². The van der Waals surface area contributed by atoms with Gasteiger partial charge in [0.1, 0.15) is 0 Å². The summed E-state index contributed by atoms with van der Waals surface area (Å²) in [5, 5.41) is 2.72. The quantitative estimate of drug-likeness (QED) is 0.668. The number of hydrogen-bond donors (Lipinski definition) is 1. The molecule has 0 saturated heterocycles. The standard InChI is InChI=1S/C15H22N2O3/c1-17(12-15(19)16-8-9-20-2)11-14(18)10-13-6-4-3-5-7-13/h3-7H,8-12H2,1-2H3,(H,16,19). The van der Waals surface area contributed by atoms with E-state index in [1.165, 1.54) is 0 Å². The molecule has 0 aliphatic carbocycles. The van der Waals surface area contributed by atoms with Crippen molar-refractivity contribution in [3.05, 3.63) is 35.9 Å². The number of ketones is 1. The van der Waals surface area contributed by atoms with Crippen molar-refractivity contribution >= 4 is 11.7 Å². The van der Waals surface area contributed by atoms with Gasteiger partial charge < -0.3 is 10.1 Å². The molecule has 0 unspecified atom stereocenters. The molecule has 1 rings (SSSR count). The lowest BCUT2D eigenvalue weighted by Gasteiger charge is -2.15. The van der Waals surface area contributed by atoms with E-state index in [-0.39, 0.29) is 24.8 Å². The van der Waals surface area contributed by atoms with Crippen molar-refractivity contribution in [3.63, 3.8) is 0 Å². The van der Waals surface area contributed by atoms with Gasteiger partial charge in [-0.1, -0.05) is 30.3 Å². The van der Waals surface area contributed by atoms with Crippen LogP contribution in [-0.2, 0) is 20.7 Å². The van der Waals surface area contributed by atoms with E-state index in [1.807, 2.05) is 30.3 Å². The Labute approximate surface area is 119 Å². The Morgan fingerprint density at radius 3 is 2.55 bits per heavy atom. The Morgan fingerprint density at radius 1 is 1.20 bits per heavy atom. The van der Waals surface area contributed by atoms with Gasteiger partial charge in [-0.3, -0.25) is 14.5 Å². The Hall–Kier alpha value is -1.72. The lowest BCUT2D eigenvalue weighted by atomic mass is 10.1. The van der Waals surface area contributed by atoms with Crippen LogP contribution in [0.3, 0.4) is 0 Å². The van der Waals surface area contributed by atoms with Crippen LogP contribution < -0.4 is 5.32 Å². The van der Waals surface area contributed by atoms with Crippen molar-refractivity contribution in [2.45, 2.75) is 6.42 Å². The number of carbonyl (C=O) groups excluding carboxylic acids is 2. The monoisotopic (exact) mass is 278 g/mol. The number of hydrogen-bond acceptors (Lipinski definition) is 4. The van der Waals surface area contributed by atoms with E-state index >= 15 is 0 Å². The molecule has 5 heteroatoms. The Balaban J connectivity index is 2.26. The number of likely N-dealkylation sites (N-methyl/N-ethyl adjacent to an activating group) is 1. The summed E-state index contributed by atoms with van der Waals surface area (Å²) >= 11 is 0. The van der Waals surface area contributed by atoms with Crippen LogP contribution in [0.4, 0.5) is 0 Å². The van der Waals surface area contributed by atoms with Crippen LogP contribution in [0.25, 0.3) is 0 Å². The summed E-state index contributed by atoms with van der Waals surface area (Å²) in [7, 11) is 3.35. The second-order valence-corrected chi connectivity index (χ2v) is 4.72. The zero-order valence-corrected chi connectivity index (χ0v) is 12.1. The number of carbonyl (C=O) groups is 2. The minimum absolute atomic E-state index is 0.0999. The van der Waals surface area contributed by atoms with E-state index in [9.17, 15) is 9.59 Å². The van der Waals surface area contributed by atoms with Crippen molar-refractivity contribution in [3.8, 4) is 0 Å². The summed E-state index contributed by atoms with van der Waals surface area (Å²) in [6.45, 7) is 1.46. The summed E-state index contributed by atoms with van der Waals surface area (Å²) in [4.78, 5) is 25.1. The molecule has 0 aliphatic rings. The van der Waals surface area contributed by atoms with E-state index in [1.54, 1.807) is 19.1 Å². The highest BCUT2D eigenvalue weighted by molar-refractivity contribution is 5.84. The topological polar surface area (TPSA) is 58.6 Å². The van der Waals surface area contributed by atoms with Gasteiger partial charge in [0.15, 0.2) is 5.78 Å². The van der Waals surface area contributed by atoms with Crippen LogP contribution in [0.1, 0.15) is 5.56 Å². The van der Waals surface area contributed by atoms with Crippen molar-refractivity contribution in [1.29, 1.82) is 0 Å². The molecule has 0 aliphatic heterocycles. The zero-order valence-electron chi connectivity index (χ0n) is 12.1. The number of Topliss-reactive ketones (excluding diaryl/α,β-unsaturated/α-hetero) is 1. The number of benzene rings is 1. The van der Waals surface area contributed by atoms with Crippen LogP contribution in [0.2, 0.25) is 0 Å². The van der Waals surface area contributed by atoms with E-state index < -0.39 is 0 Å². The van der Waals surface area contributed by atoms with E-state index in [0.29, 0.717) is 19.6 Å². The number of ether oxygens (including phenoxy) is 1. The highest BCUT2D eigenvalue weighted by Gasteiger charge is 2.10. The van der Waals surface area contributed by atoms with E-state index in [0.717, 1.165) is 5.56 Å². The maximum absolute atomic E-state index is 11.9. The van der Waals surface area contributed by atoms with Crippen LogP contribution in [0.15, 0.2) is 30.3 Å². The molecule has 0 saturated carbocycles. The summed E-state index contributed by atoms with van der Waals surface area (Å²) in [5.74, 6) is 0.000419. The van der Waals surface area contributed by atoms with E-state index in [2.05, 4.69) is 5.32 Å². The lowest BCUT2D eigenvalue weighted by Crippen LogP contribution is -2.38. The normalized spacial score (nSPS) is 10.6. The average molecular weight is 278 g/mol. The minimum Gasteiger partial charge on any atom is -0.383 e. The molecule has 0 aromatic heterocycles. The summed E-state index contributed by atoms with van der Waals surface area (Å²) in [6.07, 6.45) is 0.399. The Kier molecular flexibility index (Phi) is 7.54. The predicted molar refractivity (Wildman–Crippen MR) is 77.5 cm³/mol. The Bertz CT molecular complexity index is 420. The molecule has 1 amide bonds. The van der Waals surface area contributed by atoms with Gasteiger partial charge in [0.05, 0.1) is 19.7 Å². The fourth-order valence-electron chi connectivity index (χ4n) is 1.83. The van der Waals surface area contributed by atoms with Crippen molar-refractivity contribution in [2.75, 3.05) is 40.4 Å². The number of amides is 1. The third kappa shape index (κ3) is 7.01. The highest BCUT2D eigenvalue weighted by atomic mass is 16.5. The van der Waals surface area contributed by atoms with Gasteiger partial charge in [-0.05, 0) is 12.6 Å². The van der Waals surface area contributed by atoms with Gasteiger partial charge in [0.25, 0.3) is 0 Å². The van der Waals surface area contributed by atoms with Gasteiger partial charge in [-0.25, -0.2) is 0 Å². The molecule has 0 spiro atoms. The molecule has 0 atom stereocenters. The SMILES string of the molecule is COCCNC(=O)CN(C)CC(=O)Cc1ccccc1. The fraction of sp³-hybridized carbons (Fsp3) is 0.467. The maximum Gasteiger partial charge on any atom is 0.234 e. The smallest absolute Gasteiger partial charge is 0.234 e. The highest BCUT2D eigenvalue weighted by Crippen LogP contribution is 2.00. The first-order valence-corrected chi connectivity index (χ1v) is 6.61. The molecule has 1 aromatic rings. The minimum atomic E-state index is -0.0999. The van der Waals surface area contributed by atoms with Crippen molar-refractivity contribution in [1.82, 2.24) is 10.2 Å². The summed E-state index contributed by atoms with van der Waals surface area (Å²) < 4.78 is 4.85. The molecular weight excluding hydrogens is 256 g/mol. The van der Waals surface area contributed by atoms with Crippen molar-refractivity contribution in [2.24, 2.45) is 0 Å². The molecule has 0 heterocycles. The van der Waals surface area contributed by atoms with Gasteiger partial charge >= 0.3 is 0 Å². The van der Waals surface area contributed by atoms with Gasteiger partial charge in [0.2, 0.25) is 5.91 Å². The first-order chi connectivity index (χ1) is 9.61. The molecule has 5 nitrogen and oxygen atoms in total. The fourth-order valence-corrected chi connectivity index (χ4v) is 1.83. The average Bonchev–Trinajstić information content (AvgIpc) is 2.39. The van der Waals surface area contributed by atoms with Crippen LogP contribution in [0.5, 0.6) is 0 Å². The molecule has 1 N–H and O–H groups in total. The lowest BCUT2D eigenvalue weighted by molar-refractivity contribution is -0.123. The molecule has 110 valence electrons. The van der Waals surface area contributed by atoms with Gasteiger partial charge in [0, 0.05) is 20.1 Å². The van der Waals surface area contributed by atoms with E-state index in [4.69, 9.17) is 4.74 Å². The molecule has 0 bridgehead atoms. The first-order valence-electron chi connectivity index (χ1n) is 6.61. The second-order valence-electron chi connectivity index (χ2n) is 4.72. The molecular formula is C15H22N2O3. The number of rotatable bonds is 9. The molecule has 0 fully saturated rings. The largest absolute Gasteiger partial charge is 0.383 e. The van der Waals surface area contributed by atoms with Crippen LogP contribution in [0, 0.1) is 0 Å². The third-order valence-electron chi connectivity index (χ3n) is 2.73. The summed E-state index contributed by atoms with van der Waals surface area (Å²) in [6, 6.07) is 9.60. The first kappa shape index (κ1) is 16.3. The zero-order chi connectivity index (χ0) is 14.8. The molecule has 0 radical (unpaired) electrons. The number of nitrogens with one attached hydrogen (secondary N) is 1. The summed E-state index contributed by atoms with van der Waals surface area (Å²) in [5.41, 5.74) is 0.996. The molecule has 1 aromatic carbocycles. The van der Waals surface area contributed by atoms with Crippen LogP contribution >= 0.6 is 0 Å². The van der Waals surface area contributed by atoms with Gasteiger partial charge in [-0.2, -0.15) is 0 Å². The molecule has 20 heavy (non-hydrogen) atoms. The van der Waals surface area contributed by atoms with Crippen LogP contribution in [-0.4, -0.2) is 57.0 Å². The van der Waals surface area contributed by atoms with Crippen molar-refractivity contribution < 1.29 is 14.3 Å². The number of methoxy groups -OCH3 is 1. The maximum atomic E-state index is 11.9.